The molecule has 2 heterocycles. The lowest BCUT2D eigenvalue weighted by Crippen LogP contribution is -2.29. The fourth-order valence-corrected chi connectivity index (χ4v) is 2.99. The molecular formula is C12H16N4OS. The lowest BCUT2D eigenvalue weighted by molar-refractivity contribution is 0.288. The van der Waals surface area contributed by atoms with Crippen LogP contribution in [-0.4, -0.2) is 28.2 Å². The Kier molecular flexibility index (Phi) is 3.38. The predicted molar refractivity (Wildman–Crippen MR) is 69.5 cm³/mol. The van der Waals surface area contributed by atoms with Crippen molar-refractivity contribution in [2.75, 3.05) is 7.05 Å². The Morgan fingerprint density at radius 1 is 1.33 bits per heavy atom. The van der Waals surface area contributed by atoms with Crippen LogP contribution in [0, 0.1) is 0 Å². The van der Waals surface area contributed by atoms with Gasteiger partial charge in [0.25, 0.3) is 0 Å². The van der Waals surface area contributed by atoms with Gasteiger partial charge in [0, 0.05) is 17.3 Å². The first-order chi connectivity index (χ1) is 8.86. The van der Waals surface area contributed by atoms with Crippen LogP contribution in [0.4, 0.5) is 0 Å². The fourth-order valence-electron chi connectivity index (χ4n) is 2.46. The molecule has 2 aromatic rings. The van der Waals surface area contributed by atoms with Gasteiger partial charge in [-0.15, -0.1) is 11.3 Å². The minimum absolute atomic E-state index is 0.412. The van der Waals surface area contributed by atoms with E-state index in [9.17, 15) is 0 Å². The first kappa shape index (κ1) is 11.8. The Morgan fingerprint density at radius 2 is 2.17 bits per heavy atom. The monoisotopic (exact) mass is 264 g/mol. The molecule has 0 bridgehead atoms. The van der Waals surface area contributed by atoms with Gasteiger partial charge in [-0.2, -0.15) is 4.98 Å². The first-order valence-corrected chi connectivity index (χ1v) is 7.20. The molecule has 0 spiro atoms. The summed E-state index contributed by atoms with van der Waals surface area (Å²) in [6.07, 6.45) is 4.58. The number of nitrogens with zero attached hydrogens (tertiary/aromatic N) is 3. The van der Waals surface area contributed by atoms with Gasteiger partial charge in [0.1, 0.15) is 5.69 Å². The summed E-state index contributed by atoms with van der Waals surface area (Å²) in [5.41, 5.74) is 2.59. The van der Waals surface area contributed by atoms with Crippen molar-refractivity contribution in [3.05, 3.63) is 16.8 Å². The molecule has 0 aliphatic heterocycles. The van der Waals surface area contributed by atoms with E-state index in [1.165, 1.54) is 12.8 Å². The van der Waals surface area contributed by atoms with Crippen LogP contribution in [0.2, 0.25) is 0 Å². The molecule has 0 aromatic carbocycles. The molecule has 0 amide bonds. The number of rotatable bonds is 3. The molecule has 0 saturated heterocycles. The van der Waals surface area contributed by atoms with Crippen molar-refractivity contribution in [3.8, 4) is 11.5 Å². The van der Waals surface area contributed by atoms with Gasteiger partial charge in [0.05, 0.1) is 5.51 Å². The van der Waals surface area contributed by atoms with Crippen LogP contribution in [-0.2, 0) is 0 Å². The van der Waals surface area contributed by atoms with Crippen LogP contribution in [0.1, 0.15) is 37.5 Å². The summed E-state index contributed by atoms with van der Waals surface area (Å²) in [4.78, 5) is 8.67. The van der Waals surface area contributed by atoms with E-state index in [0.29, 0.717) is 17.8 Å². The maximum absolute atomic E-state index is 5.38. The van der Waals surface area contributed by atoms with Gasteiger partial charge in [-0.25, -0.2) is 4.98 Å². The average Bonchev–Trinajstić information content (AvgIpc) is 3.09. The molecule has 0 atom stereocenters. The van der Waals surface area contributed by atoms with E-state index in [2.05, 4.69) is 20.4 Å². The maximum atomic E-state index is 5.38. The zero-order valence-electron chi connectivity index (χ0n) is 10.3. The minimum Gasteiger partial charge on any atom is -0.339 e. The highest BCUT2D eigenvalue weighted by Gasteiger charge is 2.26. The van der Waals surface area contributed by atoms with E-state index in [1.807, 2.05) is 12.4 Å². The van der Waals surface area contributed by atoms with Crippen molar-refractivity contribution in [2.45, 2.75) is 37.6 Å². The van der Waals surface area contributed by atoms with Gasteiger partial charge >= 0.3 is 0 Å². The summed E-state index contributed by atoms with van der Waals surface area (Å²) in [5, 5.41) is 9.28. The topological polar surface area (TPSA) is 63.8 Å². The molecule has 2 aromatic heterocycles. The Balaban J connectivity index is 1.71. The molecule has 96 valence electrons. The molecule has 3 rings (SSSR count). The van der Waals surface area contributed by atoms with Crippen molar-refractivity contribution in [1.29, 1.82) is 0 Å². The minimum atomic E-state index is 0.412. The lowest BCUT2D eigenvalue weighted by atomic mass is 9.86. The van der Waals surface area contributed by atoms with Crippen LogP contribution in [0.25, 0.3) is 11.5 Å². The molecule has 0 radical (unpaired) electrons. The Morgan fingerprint density at radius 3 is 2.83 bits per heavy atom. The van der Waals surface area contributed by atoms with E-state index in [-0.39, 0.29) is 0 Å². The normalized spacial score (nSPS) is 24.3. The molecular weight excluding hydrogens is 248 g/mol. The van der Waals surface area contributed by atoms with Gasteiger partial charge in [-0.3, -0.25) is 0 Å². The number of aromatic nitrogens is 3. The molecule has 1 aliphatic carbocycles. The number of nitrogens with one attached hydrogen (secondary N) is 1. The quantitative estimate of drug-likeness (QED) is 0.922. The second-order valence-electron chi connectivity index (χ2n) is 4.67. The molecule has 0 unspecified atom stereocenters. The zero-order valence-corrected chi connectivity index (χ0v) is 11.1. The molecule has 5 nitrogen and oxygen atoms in total. The Hall–Kier alpha value is -1.27. The van der Waals surface area contributed by atoms with Gasteiger partial charge < -0.3 is 9.84 Å². The highest BCUT2D eigenvalue weighted by molar-refractivity contribution is 7.07. The van der Waals surface area contributed by atoms with Crippen LogP contribution in [0.5, 0.6) is 0 Å². The van der Waals surface area contributed by atoms with Crippen molar-refractivity contribution in [2.24, 2.45) is 0 Å². The van der Waals surface area contributed by atoms with Gasteiger partial charge in [-0.05, 0) is 32.7 Å². The van der Waals surface area contributed by atoms with E-state index < -0.39 is 0 Å². The van der Waals surface area contributed by atoms with E-state index in [1.54, 1.807) is 16.8 Å². The third kappa shape index (κ3) is 2.30. The second-order valence-corrected chi connectivity index (χ2v) is 5.39. The van der Waals surface area contributed by atoms with E-state index in [4.69, 9.17) is 4.52 Å². The van der Waals surface area contributed by atoms with Crippen LogP contribution in [0.3, 0.4) is 0 Å². The SMILES string of the molecule is CNC1CCC(c2nc(-c3cscn3)no2)CC1. The Labute approximate surface area is 110 Å². The fraction of sp³-hybridized carbons (Fsp3) is 0.583. The lowest BCUT2D eigenvalue weighted by Gasteiger charge is -2.25. The highest BCUT2D eigenvalue weighted by atomic mass is 32.1. The largest absolute Gasteiger partial charge is 0.339 e. The van der Waals surface area contributed by atoms with Gasteiger partial charge in [-0.1, -0.05) is 5.16 Å². The smallest absolute Gasteiger partial charge is 0.230 e. The van der Waals surface area contributed by atoms with Crippen LogP contribution < -0.4 is 5.32 Å². The first-order valence-electron chi connectivity index (χ1n) is 6.26. The van der Waals surface area contributed by atoms with Crippen molar-refractivity contribution < 1.29 is 4.52 Å². The summed E-state index contributed by atoms with van der Waals surface area (Å²) in [6, 6.07) is 0.641. The maximum Gasteiger partial charge on any atom is 0.230 e. The molecule has 1 saturated carbocycles. The van der Waals surface area contributed by atoms with Gasteiger partial charge in [0.2, 0.25) is 11.7 Å². The molecule has 1 N–H and O–H groups in total. The average molecular weight is 264 g/mol. The Bertz CT molecular complexity index is 488. The van der Waals surface area contributed by atoms with Crippen molar-refractivity contribution in [3.63, 3.8) is 0 Å². The molecule has 1 fully saturated rings. The summed E-state index contributed by atoms with van der Waals surface area (Å²) in [7, 11) is 2.03. The molecule has 18 heavy (non-hydrogen) atoms. The van der Waals surface area contributed by atoms with Gasteiger partial charge in [0.15, 0.2) is 0 Å². The molecule has 1 aliphatic rings. The third-order valence-electron chi connectivity index (χ3n) is 3.59. The predicted octanol–water partition coefficient (Wildman–Crippen LogP) is 2.44. The molecule has 6 heteroatoms. The standard InChI is InChI=1S/C12H16N4OS/c1-13-9-4-2-8(3-5-9)12-15-11(16-17-12)10-6-18-7-14-10/h6-9,13H,2-5H2,1H3. The van der Waals surface area contributed by atoms with Crippen molar-refractivity contribution in [1.82, 2.24) is 20.4 Å². The van der Waals surface area contributed by atoms with Crippen LogP contribution >= 0.6 is 11.3 Å². The van der Waals surface area contributed by atoms with E-state index >= 15 is 0 Å². The summed E-state index contributed by atoms with van der Waals surface area (Å²) in [5.74, 6) is 1.80. The second kappa shape index (κ2) is 5.16. The van der Waals surface area contributed by atoms with Crippen LogP contribution in [0.15, 0.2) is 15.4 Å². The third-order valence-corrected chi connectivity index (χ3v) is 4.17. The highest BCUT2D eigenvalue weighted by Crippen LogP contribution is 2.32. The van der Waals surface area contributed by atoms with Crippen molar-refractivity contribution >= 4 is 11.3 Å². The number of hydrogen-bond donors (Lipinski definition) is 1. The summed E-state index contributed by atoms with van der Waals surface area (Å²) in [6.45, 7) is 0. The number of hydrogen-bond acceptors (Lipinski definition) is 6. The summed E-state index contributed by atoms with van der Waals surface area (Å²) >= 11 is 1.54. The zero-order chi connectivity index (χ0) is 12.4. The number of thiazole rings is 1. The van der Waals surface area contributed by atoms with E-state index in [0.717, 1.165) is 24.4 Å². The summed E-state index contributed by atoms with van der Waals surface area (Å²) < 4.78 is 5.38.